The summed E-state index contributed by atoms with van der Waals surface area (Å²) in [6.07, 6.45) is 3.82. The van der Waals surface area contributed by atoms with Crippen LogP contribution in [0.1, 0.15) is 12.5 Å². The average Bonchev–Trinajstić information content (AvgIpc) is 2.48. The van der Waals surface area contributed by atoms with Gasteiger partial charge in [0.1, 0.15) is 0 Å². The number of para-hydroxylation sites is 1. The molecule has 1 heterocycles. The van der Waals surface area contributed by atoms with Crippen molar-refractivity contribution in [2.75, 3.05) is 17.7 Å². The Bertz CT molecular complexity index is 584. The minimum absolute atomic E-state index is 0.257. The molecule has 0 unspecified atom stereocenters. The molecule has 0 aliphatic rings. The van der Waals surface area contributed by atoms with Crippen LogP contribution in [-0.2, 0) is 6.42 Å². The van der Waals surface area contributed by atoms with Crippen LogP contribution >= 0.6 is 0 Å². The Kier molecular flexibility index (Phi) is 4.49. The summed E-state index contributed by atoms with van der Waals surface area (Å²) in [6, 6.07) is 7.59. The van der Waals surface area contributed by atoms with E-state index in [0.717, 1.165) is 17.7 Å². The highest BCUT2D eigenvalue weighted by atomic mass is 16.5. The molecule has 2 N–H and O–H groups in total. The van der Waals surface area contributed by atoms with Crippen LogP contribution < -0.4 is 15.4 Å². The number of ether oxygens (including phenoxy) is 1. The number of nitrogens with zero attached hydrogens (tertiary/aromatic N) is 2. The molecular formula is C14H16N4O2. The number of nitrogens with one attached hydrogen (secondary N) is 2. The van der Waals surface area contributed by atoms with Crippen molar-refractivity contribution in [2.24, 2.45) is 0 Å². The van der Waals surface area contributed by atoms with Crippen molar-refractivity contribution >= 4 is 17.4 Å². The minimum Gasteiger partial charge on any atom is -0.467 e. The number of carbonyl (C=O) groups is 1. The fraction of sp³-hybridized carbons (Fsp3) is 0.214. The Balaban J connectivity index is 2.01. The first-order valence-corrected chi connectivity index (χ1v) is 6.25. The van der Waals surface area contributed by atoms with E-state index in [1.165, 1.54) is 19.5 Å². The summed E-state index contributed by atoms with van der Waals surface area (Å²) in [5, 5.41) is 5.46. The highest BCUT2D eigenvalue weighted by Crippen LogP contribution is 2.16. The number of rotatable bonds is 4. The van der Waals surface area contributed by atoms with Gasteiger partial charge in [0, 0.05) is 5.69 Å². The van der Waals surface area contributed by atoms with Crippen molar-refractivity contribution in [1.82, 2.24) is 9.97 Å². The second kappa shape index (κ2) is 6.51. The molecule has 2 aromatic rings. The molecule has 2 rings (SSSR count). The predicted molar refractivity (Wildman–Crippen MR) is 77.0 cm³/mol. The molecule has 0 bridgehead atoms. The first kappa shape index (κ1) is 13.8. The van der Waals surface area contributed by atoms with Gasteiger partial charge in [0.25, 0.3) is 0 Å². The van der Waals surface area contributed by atoms with E-state index < -0.39 is 0 Å². The number of hydrogen-bond acceptors (Lipinski definition) is 4. The molecule has 6 heteroatoms. The topological polar surface area (TPSA) is 76.1 Å². The summed E-state index contributed by atoms with van der Waals surface area (Å²) in [4.78, 5) is 19.7. The van der Waals surface area contributed by atoms with E-state index in [2.05, 4.69) is 20.6 Å². The van der Waals surface area contributed by atoms with E-state index in [1.807, 2.05) is 31.2 Å². The third kappa shape index (κ3) is 3.44. The molecular weight excluding hydrogens is 256 g/mol. The van der Waals surface area contributed by atoms with Gasteiger partial charge in [0.2, 0.25) is 0 Å². The number of methoxy groups -OCH3 is 1. The van der Waals surface area contributed by atoms with Crippen LogP contribution in [0.3, 0.4) is 0 Å². The fourth-order valence-corrected chi connectivity index (χ4v) is 1.72. The second-order valence-corrected chi connectivity index (χ2v) is 4.05. The van der Waals surface area contributed by atoms with Gasteiger partial charge in [0.15, 0.2) is 0 Å². The Morgan fingerprint density at radius 2 is 1.90 bits per heavy atom. The fourth-order valence-electron chi connectivity index (χ4n) is 1.72. The number of urea groups is 1. The normalized spacial score (nSPS) is 9.90. The van der Waals surface area contributed by atoms with Gasteiger partial charge in [-0.2, -0.15) is 0 Å². The van der Waals surface area contributed by atoms with E-state index in [0.29, 0.717) is 5.69 Å². The molecule has 0 radical (unpaired) electrons. The molecule has 0 aliphatic heterocycles. The molecule has 2 amide bonds. The van der Waals surface area contributed by atoms with Gasteiger partial charge >= 0.3 is 12.0 Å². The van der Waals surface area contributed by atoms with E-state index in [9.17, 15) is 4.79 Å². The van der Waals surface area contributed by atoms with Crippen molar-refractivity contribution in [1.29, 1.82) is 0 Å². The summed E-state index contributed by atoms with van der Waals surface area (Å²) >= 11 is 0. The van der Waals surface area contributed by atoms with Crippen LogP contribution in [0.25, 0.3) is 0 Å². The lowest BCUT2D eigenvalue weighted by Gasteiger charge is -2.10. The minimum atomic E-state index is -0.334. The molecule has 0 aliphatic carbocycles. The smallest absolute Gasteiger partial charge is 0.323 e. The van der Waals surface area contributed by atoms with Gasteiger partial charge in [-0.25, -0.2) is 14.8 Å². The molecule has 1 aromatic heterocycles. The molecule has 104 valence electrons. The van der Waals surface area contributed by atoms with E-state index >= 15 is 0 Å². The predicted octanol–water partition coefficient (Wildman–Crippen LogP) is 2.69. The molecule has 0 atom stereocenters. The first-order valence-electron chi connectivity index (χ1n) is 6.25. The maximum Gasteiger partial charge on any atom is 0.323 e. The van der Waals surface area contributed by atoms with Gasteiger partial charge in [-0.15, -0.1) is 0 Å². The van der Waals surface area contributed by atoms with Crippen LogP contribution in [0.4, 0.5) is 16.2 Å². The Morgan fingerprint density at radius 1 is 1.20 bits per heavy atom. The van der Waals surface area contributed by atoms with Gasteiger partial charge < -0.3 is 15.4 Å². The van der Waals surface area contributed by atoms with Crippen LogP contribution in [-0.4, -0.2) is 23.1 Å². The number of carbonyl (C=O) groups excluding carboxylic acids is 1. The molecule has 6 nitrogen and oxygen atoms in total. The monoisotopic (exact) mass is 272 g/mol. The average molecular weight is 272 g/mol. The lowest BCUT2D eigenvalue weighted by atomic mass is 10.1. The number of benzene rings is 1. The maximum atomic E-state index is 11.9. The van der Waals surface area contributed by atoms with E-state index in [-0.39, 0.29) is 12.0 Å². The summed E-state index contributed by atoms with van der Waals surface area (Å²) in [5.41, 5.74) is 2.37. The quantitative estimate of drug-likeness (QED) is 0.897. The largest absolute Gasteiger partial charge is 0.467 e. The number of aromatic nitrogens is 2. The number of hydrogen-bond donors (Lipinski definition) is 2. The summed E-state index contributed by atoms with van der Waals surface area (Å²) in [5.74, 6) is 0. The number of aryl methyl sites for hydroxylation is 1. The molecule has 0 fully saturated rings. The standard InChI is InChI=1S/C14H16N4O2/c1-3-10-6-4-5-7-12(10)18-13(19)17-11-8-15-14(20-2)16-9-11/h4-9H,3H2,1-2H3,(H2,17,18,19). The first-order chi connectivity index (χ1) is 9.72. The SMILES string of the molecule is CCc1ccccc1NC(=O)Nc1cnc(OC)nc1. The zero-order chi connectivity index (χ0) is 14.4. The summed E-state index contributed by atoms with van der Waals surface area (Å²) in [7, 11) is 1.48. The van der Waals surface area contributed by atoms with Crippen molar-refractivity contribution in [3.8, 4) is 6.01 Å². The highest BCUT2D eigenvalue weighted by Gasteiger charge is 2.06. The van der Waals surface area contributed by atoms with Crippen LogP contribution in [0, 0.1) is 0 Å². The van der Waals surface area contributed by atoms with Gasteiger partial charge in [-0.3, -0.25) is 0 Å². The zero-order valence-corrected chi connectivity index (χ0v) is 11.4. The van der Waals surface area contributed by atoms with Gasteiger partial charge in [-0.05, 0) is 18.1 Å². The summed E-state index contributed by atoms with van der Waals surface area (Å²) < 4.78 is 4.85. The lowest BCUT2D eigenvalue weighted by molar-refractivity contribution is 0.262. The van der Waals surface area contributed by atoms with Gasteiger partial charge in [0.05, 0.1) is 25.2 Å². The van der Waals surface area contributed by atoms with Gasteiger partial charge in [-0.1, -0.05) is 25.1 Å². The Labute approximate surface area is 117 Å². The van der Waals surface area contributed by atoms with Crippen molar-refractivity contribution in [3.63, 3.8) is 0 Å². The van der Waals surface area contributed by atoms with Crippen molar-refractivity contribution in [2.45, 2.75) is 13.3 Å². The van der Waals surface area contributed by atoms with E-state index in [1.54, 1.807) is 0 Å². The number of anilines is 2. The molecule has 1 aromatic carbocycles. The van der Waals surface area contributed by atoms with Crippen molar-refractivity contribution in [3.05, 3.63) is 42.2 Å². The third-order valence-electron chi connectivity index (χ3n) is 2.72. The van der Waals surface area contributed by atoms with Crippen LogP contribution in [0.2, 0.25) is 0 Å². The van der Waals surface area contributed by atoms with E-state index in [4.69, 9.17) is 4.74 Å². The second-order valence-electron chi connectivity index (χ2n) is 4.05. The van der Waals surface area contributed by atoms with Crippen LogP contribution in [0.5, 0.6) is 6.01 Å². The molecule has 20 heavy (non-hydrogen) atoms. The third-order valence-corrected chi connectivity index (χ3v) is 2.72. The number of amides is 2. The lowest BCUT2D eigenvalue weighted by Crippen LogP contribution is -2.20. The highest BCUT2D eigenvalue weighted by molar-refractivity contribution is 6.00. The van der Waals surface area contributed by atoms with Crippen molar-refractivity contribution < 1.29 is 9.53 Å². The Morgan fingerprint density at radius 3 is 2.55 bits per heavy atom. The van der Waals surface area contributed by atoms with Crippen LogP contribution in [0.15, 0.2) is 36.7 Å². The molecule has 0 saturated heterocycles. The maximum absolute atomic E-state index is 11.9. The molecule has 0 spiro atoms. The molecule has 0 saturated carbocycles. The summed E-state index contributed by atoms with van der Waals surface area (Å²) in [6.45, 7) is 2.04. The zero-order valence-electron chi connectivity index (χ0n) is 11.4. The Hall–Kier alpha value is -2.63.